The lowest BCUT2D eigenvalue weighted by molar-refractivity contribution is -0.126. The average Bonchev–Trinajstić information content (AvgIpc) is 2.44. The van der Waals surface area contributed by atoms with Crippen LogP contribution in [0.15, 0.2) is 0 Å². The SMILES string of the molecule is CCN(CC1CCCCN1)C(C)C(=O)NCCC(C)C. The van der Waals surface area contributed by atoms with Crippen LogP contribution in [0.25, 0.3) is 0 Å². The Morgan fingerprint density at radius 3 is 2.65 bits per heavy atom. The molecule has 0 aromatic heterocycles. The van der Waals surface area contributed by atoms with E-state index in [-0.39, 0.29) is 11.9 Å². The van der Waals surface area contributed by atoms with Crippen molar-refractivity contribution in [1.82, 2.24) is 15.5 Å². The molecule has 0 radical (unpaired) electrons. The van der Waals surface area contributed by atoms with Crippen LogP contribution in [0.5, 0.6) is 0 Å². The Balaban J connectivity index is 2.36. The molecule has 0 aliphatic carbocycles. The highest BCUT2D eigenvalue weighted by molar-refractivity contribution is 5.81. The van der Waals surface area contributed by atoms with E-state index < -0.39 is 0 Å². The minimum Gasteiger partial charge on any atom is -0.355 e. The lowest BCUT2D eigenvalue weighted by Crippen LogP contribution is -2.51. The summed E-state index contributed by atoms with van der Waals surface area (Å²) in [5.41, 5.74) is 0. The van der Waals surface area contributed by atoms with Crippen LogP contribution in [0.1, 0.15) is 53.4 Å². The van der Waals surface area contributed by atoms with Crippen LogP contribution in [0.4, 0.5) is 0 Å². The van der Waals surface area contributed by atoms with Gasteiger partial charge in [0.05, 0.1) is 6.04 Å². The summed E-state index contributed by atoms with van der Waals surface area (Å²) in [4.78, 5) is 14.5. The molecule has 0 aromatic carbocycles. The average molecular weight is 283 g/mol. The van der Waals surface area contributed by atoms with Crippen LogP contribution in [0.2, 0.25) is 0 Å². The zero-order valence-electron chi connectivity index (χ0n) is 13.7. The van der Waals surface area contributed by atoms with Gasteiger partial charge >= 0.3 is 0 Å². The Morgan fingerprint density at radius 1 is 1.35 bits per heavy atom. The maximum absolute atomic E-state index is 12.2. The number of likely N-dealkylation sites (N-methyl/N-ethyl adjacent to an activating group) is 1. The Bertz CT molecular complexity index is 275. The topological polar surface area (TPSA) is 44.4 Å². The minimum atomic E-state index is -0.0316. The number of carbonyl (C=O) groups is 1. The van der Waals surface area contributed by atoms with Crippen LogP contribution < -0.4 is 10.6 Å². The van der Waals surface area contributed by atoms with Crippen molar-refractivity contribution < 1.29 is 4.79 Å². The van der Waals surface area contributed by atoms with E-state index in [4.69, 9.17) is 0 Å². The first-order valence-corrected chi connectivity index (χ1v) is 8.29. The molecule has 1 rings (SSSR count). The van der Waals surface area contributed by atoms with Gasteiger partial charge in [-0.2, -0.15) is 0 Å². The molecule has 1 fully saturated rings. The lowest BCUT2D eigenvalue weighted by Gasteiger charge is -2.33. The van der Waals surface area contributed by atoms with Crippen molar-refractivity contribution in [2.24, 2.45) is 5.92 Å². The van der Waals surface area contributed by atoms with Gasteiger partial charge in [-0.15, -0.1) is 0 Å². The maximum Gasteiger partial charge on any atom is 0.237 e. The first-order chi connectivity index (χ1) is 9.54. The summed E-state index contributed by atoms with van der Waals surface area (Å²) < 4.78 is 0. The molecule has 4 heteroatoms. The van der Waals surface area contributed by atoms with Crippen molar-refractivity contribution in [1.29, 1.82) is 0 Å². The molecule has 0 saturated carbocycles. The fourth-order valence-corrected chi connectivity index (χ4v) is 2.72. The molecule has 2 atom stereocenters. The Labute approximate surface area is 124 Å². The van der Waals surface area contributed by atoms with Crippen LogP contribution in [-0.4, -0.2) is 49.1 Å². The quantitative estimate of drug-likeness (QED) is 0.716. The molecule has 2 N–H and O–H groups in total. The summed E-state index contributed by atoms with van der Waals surface area (Å²) in [6, 6.07) is 0.519. The van der Waals surface area contributed by atoms with E-state index in [1.807, 2.05) is 6.92 Å². The fourth-order valence-electron chi connectivity index (χ4n) is 2.72. The molecule has 1 aliphatic rings. The molecule has 0 spiro atoms. The number of rotatable bonds is 8. The van der Waals surface area contributed by atoms with E-state index in [1.165, 1.54) is 19.3 Å². The highest BCUT2D eigenvalue weighted by Crippen LogP contribution is 2.10. The zero-order valence-corrected chi connectivity index (χ0v) is 13.7. The minimum absolute atomic E-state index is 0.0316. The third-order valence-electron chi connectivity index (χ3n) is 4.22. The van der Waals surface area contributed by atoms with Crippen molar-refractivity contribution in [3.63, 3.8) is 0 Å². The molecule has 1 heterocycles. The summed E-state index contributed by atoms with van der Waals surface area (Å²) in [7, 11) is 0. The summed E-state index contributed by atoms with van der Waals surface area (Å²) in [6.07, 6.45) is 4.88. The molecular weight excluding hydrogens is 250 g/mol. The first-order valence-electron chi connectivity index (χ1n) is 8.29. The second kappa shape index (κ2) is 9.35. The summed E-state index contributed by atoms with van der Waals surface area (Å²) >= 11 is 0. The van der Waals surface area contributed by atoms with Crippen molar-refractivity contribution in [3.05, 3.63) is 0 Å². The lowest BCUT2D eigenvalue weighted by atomic mass is 10.0. The molecule has 1 saturated heterocycles. The zero-order chi connectivity index (χ0) is 15.0. The van der Waals surface area contributed by atoms with Crippen molar-refractivity contribution in [3.8, 4) is 0 Å². The van der Waals surface area contributed by atoms with Gasteiger partial charge in [0.1, 0.15) is 0 Å². The van der Waals surface area contributed by atoms with E-state index in [2.05, 4.69) is 36.3 Å². The number of hydrogen-bond donors (Lipinski definition) is 2. The summed E-state index contributed by atoms with van der Waals surface area (Å²) in [6.45, 7) is 12.4. The van der Waals surface area contributed by atoms with E-state index in [0.717, 1.165) is 32.6 Å². The predicted octanol–water partition coefficient (Wildman–Crippen LogP) is 2.00. The number of nitrogens with one attached hydrogen (secondary N) is 2. The Kier molecular flexibility index (Phi) is 8.15. The van der Waals surface area contributed by atoms with Crippen molar-refractivity contribution >= 4 is 5.91 Å². The van der Waals surface area contributed by atoms with Gasteiger partial charge in [0.25, 0.3) is 0 Å². The van der Waals surface area contributed by atoms with Crippen LogP contribution in [0.3, 0.4) is 0 Å². The highest BCUT2D eigenvalue weighted by Gasteiger charge is 2.23. The second-order valence-electron chi connectivity index (χ2n) is 6.38. The van der Waals surface area contributed by atoms with Gasteiger partial charge in [-0.3, -0.25) is 9.69 Å². The third-order valence-corrected chi connectivity index (χ3v) is 4.22. The fraction of sp³-hybridized carbons (Fsp3) is 0.938. The van der Waals surface area contributed by atoms with Gasteiger partial charge < -0.3 is 10.6 Å². The number of nitrogens with zero attached hydrogens (tertiary/aromatic N) is 1. The third kappa shape index (κ3) is 6.23. The largest absolute Gasteiger partial charge is 0.355 e. The van der Waals surface area contributed by atoms with Crippen LogP contribution >= 0.6 is 0 Å². The smallest absolute Gasteiger partial charge is 0.237 e. The monoisotopic (exact) mass is 283 g/mol. The normalized spacial score (nSPS) is 21.2. The van der Waals surface area contributed by atoms with E-state index in [1.54, 1.807) is 0 Å². The molecule has 20 heavy (non-hydrogen) atoms. The molecule has 0 aromatic rings. The number of amides is 1. The standard InChI is InChI=1S/C16H33N3O/c1-5-19(12-15-8-6-7-10-17-15)14(4)16(20)18-11-9-13(2)3/h13-15,17H,5-12H2,1-4H3,(H,18,20). The van der Waals surface area contributed by atoms with Crippen molar-refractivity contribution in [2.75, 3.05) is 26.2 Å². The molecular formula is C16H33N3O. The van der Waals surface area contributed by atoms with Gasteiger partial charge in [0.2, 0.25) is 5.91 Å². The molecule has 4 nitrogen and oxygen atoms in total. The Hall–Kier alpha value is -0.610. The summed E-state index contributed by atoms with van der Waals surface area (Å²) in [5, 5.41) is 6.63. The van der Waals surface area contributed by atoms with Gasteiger partial charge in [0, 0.05) is 19.1 Å². The second-order valence-corrected chi connectivity index (χ2v) is 6.38. The van der Waals surface area contributed by atoms with Gasteiger partial charge in [-0.25, -0.2) is 0 Å². The Morgan fingerprint density at radius 2 is 2.10 bits per heavy atom. The number of piperidine rings is 1. The first kappa shape index (κ1) is 17.4. The van der Waals surface area contributed by atoms with E-state index in [9.17, 15) is 4.79 Å². The van der Waals surface area contributed by atoms with Crippen LogP contribution in [-0.2, 0) is 4.79 Å². The van der Waals surface area contributed by atoms with Crippen LogP contribution in [0, 0.1) is 5.92 Å². The van der Waals surface area contributed by atoms with E-state index in [0.29, 0.717) is 12.0 Å². The molecule has 2 unspecified atom stereocenters. The maximum atomic E-state index is 12.2. The van der Waals surface area contributed by atoms with Gasteiger partial charge in [0.15, 0.2) is 0 Å². The number of carbonyl (C=O) groups excluding carboxylic acids is 1. The summed E-state index contributed by atoms with van der Waals surface area (Å²) in [5.74, 6) is 0.808. The molecule has 1 aliphatic heterocycles. The number of hydrogen-bond acceptors (Lipinski definition) is 3. The van der Waals surface area contributed by atoms with Crippen molar-refractivity contribution in [2.45, 2.75) is 65.5 Å². The molecule has 1 amide bonds. The van der Waals surface area contributed by atoms with Gasteiger partial charge in [-0.1, -0.05) is 27.2 Å². The van der Waals surface area contributed by atoms with E-state index >= 15 is 0 Å². The highest BCUT2D eigenvalue weighted by atomic mass is 16.2. The predicted molar refractivity (Wildman–Crippen MR) is 84.8 cm³/mol. The molecule has 118 valence electrons. The molecule has 0 bridgehead atoms. The van der Waals surface area contributed by atoms with Gasteiger partial charge in [-0.05, 0) is 45.2 Å².